The maximum atomic E-state index is 10.8. The quantitative estimate of drug-likeness (QED) is 0.363. The molecule has 0 radical (unpaired) electrons. The Bertz CT molecular complexity index is 505. The number of guanidine groups is 1. The number of rotatable bonds is 6. The van der Waals surface area contributed by atoms with Gasteiger partial charge in [0.15, 0.2) is 5.96 Å². The first-order valence-electron chi connectivity index (χ1n) is 6.08. The van der Waals surface area contributed by atoms with Crippen LogP contribution in [-0.2, 0) is 16.6 Å². The first kappa shape index (κ1) is 19.1. The fourth-order valence-corrected chi connectivity index (χ4v) is 1.79. The number of nitrogens with one attached hydrogen (secondary N) is 2. The van der Waals surface area contributed by atoms with Crippen molar-refractivity contribution in [3.63, 3.8) is 0 Å². The molecule has 0 saturated carbocycles. The smallest absolute Gasteiger partial charge is 0.210 e. The molecule has 0 atom stereocenters. The van der Waals surface area contributed by atoms with Crippen molar-refractivity contribution in [2.24, 2.45) is 10.1 Å². The standard InChI is InChI=1S/C12H20N4O2S.HI/c1-2-14-12(15-8-9-19(13,17)18)16-10-11-6-4-3-5-7-11;/h3-7H,2,8-10H2,1H3,(H2,13,17,18)(H2,14,15,16);1H. The third-order valence-electron chi connectivity index (χ3n) is 2.29. The molecule has 0 heterocycles. The summed E-state index contributed by atoms with van der Waals surface area (Å²) in [6.45, 7) is 3.42. The van der Waals surface area contributed by atoms with Gasteiger partial charge in [-0.1, -0.05) is 30.3 Å². The molecule has 8 heteroatoms. The normalized spacial score (nSPS) is 11.6. The maximum Gasteiger partial charge on any atom is 0.210 e. The van der Waals surface area contributed by atoms with Crippen molar-refractivity contribution in [2.75, 3.05) is 18.8 Å². The van der Waals surface area contributed by atoms with Crippen molar-refractivity contribution in [1.29, 1.82) is 0 Å². The fraction of sp³-hybridized carbons (Fsp3) is 0.417. The summed E-state index contributed by atoms with van der Waals surface area (Å²) in [7, 11) is -3.45. The van der Waals surface area contributed by atoms with Crippen LogP contribution >= 0.6 is 24.0 Å². The van der Waals surface area contributed by atoms with Crippen molar-refractivity contribution >= 4 is 40.0 Å². The summed E-state index contributed by atoms with van der Waals surface area (Å²) < 4.78 is 21.7. The number of benzene rings is 1. The maximum absolute atomic E-state index is 10.8. The average molecular weight is 412 g/mol. The molecule has 0 aliphatic rings. The van der Waals surface area contributed by atoms with E-state index >= 15 is 0 Å². The lowest BCUT2D eigenvalue weighted by Crippen LogP contribution is -2.40. The zero-order chi connectivity index (χ0) is 14.1. The number of hydrogen-bond donors (Lipinski definition) is 3. The molecule has 4 N–H and O–H groups in total. The van der Waals surface area contributed by atoms with Crippen molar-refractivity contribution < 1.29 is 8.42 Å². The Labute approximate surface area is 137 Å². The van der Waals surface area contributed by atoms with Crippen LogP contribution < -0.4 is 15.8 Å². The molecule has 0 aromatic heterocycles. The van der Waals surface area contributed by atoms with Crippen LogP contribution in [0, 0.1) is 0 Å². The van der Waals surface area contributed by atoms with Gasteiger partial charge < -0.3 is 10.6 Å². The third-order valence-corrected chi connectivity index (χ3v) is 3.06. The molecule has 0 aliphatic carbocycles. The Morgan fingerprint density at radius 3 is 2.45 bits per heavy atom. The summed E-state index contributed by atoms with van der Waals surface area (Å²) in [6, 6.07) is 9.82. The van der Waals surface area contributed by atoms with Crippen LogP contribution in [0.2, 0.25) is 0 Å². The second-order valence-electron chi connectivity index (χ2n) is 3.97. The first-order valence-corrected chi connectivity index (χ1v) is 7.79. The Morgan fingerprint density at radius 2 is 1.90 bits per heavy atom. The molecule has 0 unspecified atom stereocenters. The van der Waals surface area contributed by atoms with Gasteiger partial charge in [0, 0.05) is 13.1 Å². The fourth-order valence-electron chi connectivity index (χ4n) is 1.41. The summed E-state index contributed by atoms with van der Waals surface area (Å²) in [5.74, 6) is 0.456. The highest BCUT2D eigenvalue weighted by atomic mass is 127. The Balaban J connectivity index is 0.00000361. The van der Waals surface area contributed by atoms with Crippen LogP contribution in [-0.4, -0.2) is 33.2 Å². The van der Waals surface area contributed by atoms with Gasteiger partial charge in [0.25, 0.3) is 0 Å². The molecule has 1 rings (SSSR count). The van der Waals surface area contributed by atoms with E-state index in [1.807, 2.05) is 37.3 Å². The van der Waals surface area contributed by atoms with Gasteiger partial charge in [-0.15, -0.1) is 24.0 Å². The van der Waals surface area contributed by atoms with Gasteiger partial charge in [0.1, 0.15) is 0 Å². The number of halogens is 1. The van der Waals surface area contributed by atoms with Gasteiger partial charge in [-0.3, -0.25) is 0 Å². The number of primary sulfonamides is 1. The van der Waals surface area contributed by atoms with Gasteiger partial charge in [-0.2, -0.15) is 0 Å². The van der Waals surface area contributed by atoms with Gasteiger partial charge in [-0.25, -0.2) is 18.5 Å². The SMILES string of the molecule is CCNC(=NCc1ccccc1)NCCS(N)(=O)=O.I. The van der Waals surface area contributed by atoms with Crippen molar-refractivity contribution in [2.45, 2.75) is 13.5 Å². The number of nitrogens with two attached hydrogens (primary N) is 1. The summed E-state index contributed by atoms with van der Waals surface area (Å²) in [6.07, 6.45) is 0. The molecule has 6 nitrogen and oxygen atoms in total. The highest BCUT2D eigenvalue weighted by Gasteiger charge is 2.03. The second-order valence-corrected chi connectivity index (χ2v) is 5.71. The highest BCUT2D eigenvalue weighted by molar-refractivity contribution is 14.0. The number of nitrogens with zero attached hydrogens (tertiary/aromatic N) is 1. The van der Waals surface area contributed by atoms with Gasteiger partial charge >= 0.3 is 0 Å². The lowest BCUT2D eigenvalue weighted by atomic mass is 10.2. The minimum atomic E-state index is -3.45. The van der Waals surface area contributed by atoms with Gasteiger partial charge in [0.2, 0.25) is 10.0 Å². The molecule has 20 heavy (non-hydrogen) atoms. The lowest BCUT2D eigenvalue weighted by Gasteiger charge is -2.10. The average Bonchev–Trinajstić information content (AvgIpc) is 2.36. The van der Waals surface area contributed by atoms with Crippen LogP contribution in [0.3, 0.4) is 0 Å². The Kier molecular flexibility index (Phi) is 9.51. The number of hydrogen-bond acceptors (Lipinski definition) is 3. The zero-order valence-corrected chi connectivity index (χ0v) is 14.5. The predicted molar refractivity (Wildman–Crippen MR) is 92.6 cm³/mol. The number of aliphatic imine (C=N–C) groups is 1. The van der Waals surface area contributed by atoms with E-state index in [1.54, 1.807) is 0 Å². The van der Waals surface area contributed by atoms with E-state index in [4.69, 9.17) is 5.14 Å². The number of sulfonamides is 1. The van der Waals surface area contributed by atoms with Crippen LogP contribution in [0.5, 0.6) is 0 Å². The minimum Gasteiger partial charge on any atom is -0.357 e. The van der Waals surface area contributed by atoms with E-state index in [0.29, 0.717) is 19.0 Å². The molecule has 0 fully saturated rings. The first-order chi connectivity index (χ1) is 9.01. The van der Waals surface area contributed by atoms with E-state index in [9.17, 15) is 8.42 Å². The topological polar surface area (TPSA) is 96.6 Å². The summed E-state index contributed by atoms with van der Waals surface area (Å²) >= 11 is 0. The Morgan fingerprint density at radius 1 is 1.25 bits per heavy atom. The van der Waals surface area contributed by atoms with Crippen LogP contribution in [0.4, 0.5) is 0 Å². The molecular formula is C12H21IN4O2S. The molecule has 0 spiro atoms. The summed E-state index contributed by atoms with van der Waals surface area (Å²) in [4.78, 5) is 4.36. The largest absolute Gasteiger partial charge is 0.357 e. The Hall–Kier alpha value is -0.870. The highest BCUT2D eigenvalue weighted by Crippen LogP contribution is 1.99. The minimum absolute atomic E-state index is 0. The van der Waals surface area contributed by atoms with E-state index in [1.165, 1.54) is 0 Å². The molecule has 0 aliphatic heterocycles. The molecular weight excluding hydrogens is 391 g/mol. The molecule has 1 aromatic carbocycles. The zero-order valence-electron chi connectivity index (χ0n) is 11.4. The monoisotopic (exact) mass is 412 g/mol. The van der Waals surface area contributed by atoms with Crippen molar-refractivity contribution in [1.82, 2.24) is 10.6 Å². The second kappa shape index (κ2) is 9.94. The predicted octanol–water partition coefficient (Wildman–Crippen LogP) is 0.648. The molecule has 0 bridgehead atoms. The van der Waals surface area contributed by atoms with Crippen molar-refractivity contribution in [3.8, 4) is 0 Å². The van der Waals surface area contributed by atoms with Crippen LogP contribution in [0.25, 0.3) is 0 Å². The molecule has 0 saturated heterocycles. The van der Waals surface area contributed by atoms with E-state index < -0.39 is 10.0 Å². The molecule has 114 valence electrons. The van der Waals surface area contributed by atoms with E-state index in [0.717, 1.165) is 5.56 Å². The summed E-state index contributed by atoms with van der Waals surface area (Å²) in [5.41, 5.74) is 1.09. The van der Waals surface area contributed by atoms with E-state index in [2.05, 4.69) is 15.6 Å². The van der Waals surface area contributed by atoms with Gasteiger partial charge in [0.05, 0.1) is 12.3 Å². The summed E-state index contributed by atoms with van der Waals surface area (Å²) in [5, 5.41) is 10.9. The van der Waals surface area contributed by atoms with Gasteiger partial charge in [-0.05, 0) is 12.5 Å². The van der Waals surface area contributed by atoms with Crippen molar-refractivity contribution in [3.05, 3.63) is 35.9 Å². The van der Waals surface area contributed by atoms with Crippen LogP contribution in [0.15, 0.2) is 35.3 Å². The van der Waals surface area contributed by atoms with E-state index in [-0.39, 0.29) is 36.3 Å². The third kappa shape index (κ3) is 9.10. The lowest BCUT2D eigenvalue weighted by molar-refractivity contribution is 0.596. The van der Waals surface area contributed by atoms with Crippen LogP contribution in [0.1, 0.15) is 12.5 Å². The molecule has 1 aromatic rings. The molecule has 0 amide bonds.